The molecule has 3 aromatic carbocycles. The smallest absolute Gasteiger partial charge is 0.417 e. The number of fused-ring (bicyclic) bond motifs is 1. The van der Waals surface area contributed by atoms with Gasteiger partial charge in [0.15, 0.2) is 0 Å². The first-order valence-electron chi connectivity index (χ1n) is 7.57. The van der Waals surface area contributed by atoms with E-state index < -0.39 is 17.6 Å². The molecule has 0 radical (unpaired) electrons. The summed E-state index contributed by atoms with van der Waals surface area (Å²) in [4.78, 5) is 12.2. The molecule has 1 amide bonds. The summed E-state index contributed by atoms with van der Waals surface area (Å²) in [7, 11) is 0. The lowest BCUT2D eigenvalue weighted by Crippen LogP contribution is -2.18. The Morgan fingerprint density at radius 1 is 1.00 bits per heavy atom. The molecule has 0 saturated heterocycles. The fourth-order valence-corrected chi connectivity index (χ4v) is 2.50. The maximum absolute atomic E-state index is 12.9. The lowest BCUT2D eigenvalue weighted by atomic mass is 10.1. The molecule has 2 N–H and O–H groups in total. The Morgan fingerprint density at radius 2 is 1.62 bits per heavy atom. The van der Waals surface area contributed by atoms with Gasteiger partial charge in [-0.1, -0.05) is 42.5 Å². The number of hydrazone groups is 1. The normalized spacial score (nSPS) is 11.8. The number of alkyl halides is 3. The third kappa shape index (κ3) is 3.66. The molecule has 0 atom stereocenters. The largest absolute Gasteiger partial charge is 0.507 e. The van der Waals surface area contributed by atoms with Crippen molar-refractivity contribution in [1.82, 2.24) is 5.43 Å². The van der Waals surface area contributed by atoms with Gasteiger partial charge < -0.3 is 5.11 Å². The second-order valence-corrected chi connectivity index (χ2v) is 5.50. The number of hydrogen-bond acceptors (Lipinski definition) is 3. The molecule has 0 heterocycles. The molecular weight excluding hydrogens is 345 g/mol. The average Bonchev–Trinajstić information content (AvgIpc) is 2.60. The number of carbonyl (C=O) groups is 1. The Hall–Kier alpha value is -3.35. The molecule has 3 rings (SSSR count). The van der Waals surface area contributed by atoms with Crippen molar-refractivity contribution < 1.29 is 23.1 Å². The minimum absolute atomic E-state index is 0.0232. The predicted molar refractivity (Wildman–Crippen MR) is 92.1 cm³/mol. The molecule has 7 heteroatoms. The second kappa shape index (κ2) is 6.87. The van der Waals surface area contributed by atoms with Crippen molar-refractivity contribution in [3.8, 4) is 5.75 Å². The van der Waals surface area contributed by atoms with Crippen molar-refractivity contribution in [3.05, 3.63) is 77.4 Å². The predicted octanol–water partition coefficient (Wildman–Crippen LogP) is 4.33. The highest BCUT2D eigenvalue weighted by molar-refractivity contribution is 6.01. The Bertz CT molecular complexity index is 997. The van der Waals surface area contributed by atoms with Gasteiger partial charge in [0.05, 0.1) is 17.3 Å². The summed E-state index contributed by atoms with van der Waals surface area (Å²) in [6.07, 6.45) is -3.61. The monoisotopic (exact) mass is 358 g/mol. The maximum atomic E-state index is 12.9. The molecule has 0 aromatic heterocycles. The number of halogens is 3. The topological polar surface area (TPSA) is 61.7 Å². The zero-order valence-corrected chi connectivity index (χ0v) is 13.3. The summed E-state index contributed by atoms with van der Waals surface area (Å²) in [5.74, 6) is -0.971. The Kier molecular flexibility index (Phi) is 4.62. The van der Waals surface area contributed by atoms with Crippen LogP contribution in [0, 0.1) is 0 Å². The number of nitrogens with one attached hydrogen (secondary N) is 1. The van der Waals surface area contributed by atoms with E-state index in [1.165, 1.54) is 30.3 Å². The second-order valence-electron chi connectivity index (χ2n) is 5.50. The molecule has 132 valence electrons. The molecule has 0 bridgehead atoms. The summed E-state index contributed by atoms with van der Waals surface area (Å²) < 4.78 is 38.8. The third-order valence-corrected chi connectivity index (χ3v) is 3.74. The van der Waals surface area contributed by atoms with E-state index in [4.69, 9.17) is 0 Å². The van der Waals surface area contributed by atoms with Crippen LogP contribution in [0.15, 0.2) is 65.8 Å². The fraction of sp³-hybridized carbons (Fsp3) is 0.0526. The van der Waals surface area contributed by atoms with Gasteiger partial charge in [0.25, 0.3) is 5.91 Å². The summed E-state index contributed by atoms with van der Waals surface area (Å²) in [5, 5.41) is 15.1. The Labute approximate surface area is 146 Å². The molecule has 26 heavy (non-hydrogen) atoms. The number of carbonyl (C=O) groups excluding carboxylic acids is 1. The number of rotatable bonds is 3. The van der Waals surface area contributed by atoms with Crippen LogP contribution in [-0.4, -0.2) is 17.2 Å². The summed E-state index contributed by atoms with van der Waals surface area (Å²) in [6.45, 7) is 0. The van der Waals surface area contributed by atoms with Crippen LogP contribution in [0.25, 0.3) is 10.8 Å². The number of nitrogens with zero attached hydrogens (tertiary/aromatic N) is 1. The van der Waals surface area contributed by atoms with E-state index in [-0.39, 0.29) is 16.9 Å². The van der Waals surface area contributed by atoms with Gasteiger partial charge in [0, 0.05) is 5.56 Å². The minimum Gasteiger partial charge on any atom is -0.507 e. The quantitative estimate of drug-likeness (QED) is 0.541. The number of amides is 1. The lowest BCUT2D eigenvalue weighted by Gasteiger charge is -2.09. The SMILES string of the molecule is O=C(N/N=C\c1ccccc1C(F)(F)F)c1cc2ccccc2cc1O. The van der Waals surface area contributed by atoms with Gasteiger partial charge in [0.2, 0.25) is 0 Å². The molecule has 0 aliphatic heterocycles. The van der Waals surface area contributed by atoms with Gasteiger partial charge in [-0.15, -0.1) is 0 Å². The van der Waals surface area contributed by atoms with Gasteiger partial charge in [-0.3, -0.25) is 4.79 Å². The number of aromatic hydroxyl groups is 1. The summed E-state index contributed by atoms with van der Waals surface area (Å²) in [6, 6.07) is 14.9. The maximum Gasteiger partial charge on any atom is 0.417 e. The molecule has 3 aromatic rings. The van der Waals surface area contributed by atoms with Crippen molar-refractivity contribution in [3.63, 3.8) is 0 Å². The van der Waals surface area contributed by atoms with E-state index in [0.717, 1.165) is 23.1 Å². The minimum atomic E-state index is -4.52. The van der Waals surface area contributed by atoms with Crippen LogP contribution in [0.2, 0.25) is 0 Å². The first-order chi connectivity index (χ1) is 12.4. The zero-order valence-electron chi connectivity index (χ0n) is 13.3. The standard InChI is InChI=1S/C19H13F3N2O2/c20-19(21,22)16-8-4-3-7-14(16)11-23-24-18(26)15-9-12-5-1-2-6-13(12)10-17(15)25/h1-11,25H,(H,24,26)/b23-11-. The third-order valence-electron chi connectivity index (χ3n) is 3.74. The van der Waals surface area contributed by atoms with Crippen molar-refractivity contribution in [2.45, 2.75) is 6.18 Å². The molecule has 0 spiro atoms. The highest BCUT2D eigenvalue weighted by atomic mass is 19.4. The van der Waals surface area contributed by atoms with Gasteiger partial charge >= 0.3 is 6.18 Å². The van der Waals surface area contributed by atoms with Crippen molar-refractivity contribution in [2.24, 2.45) is 5.10 Å². The number of phenolic OH excluding ortho intramolecular Hbond substituents is 1. The van der Waals surface area contributed by atoms with Gasteiger partial charge in [0.1, 0.15) is 5.75 Å². The highest BCUT2D eigenvalue weighted by Crippen LogP contribution is 2.31. The van der Waals surface area contributed by atoms with Gasteiger partial charge in [-0.2, -0.15) is 18.3 Å². The molecule has 0 aliphatic rings. The van der Waals surface area contributed by atoms with Crippen LogP contribution in [-0.2, 0) is 6.18 Å². The van der Waals surface area contributed by atoms with Crippen molar-refractivity contribution >= 4 is 22.9 Å². The van der Waals surface area contributed by atoms with E-state index in [9.17, 15) is 23.1 Å². The molecular formula is C19H13F3N2O2. The van der Waals surface area contributed by atoms with Gasteiger partial charge in [-0.25, -0.2) is 5.43 Å². The van der Waals surface area contributed by atoms with E-state index in [0.29, 0.717) is 0 Å². The van der Waals surface area contributed by atoms with Gasteiger partial charge in [-0.05, 0) is 29.0 Å². The molecule has 0 fully saturated rings. The van der Waals surface area contributed by atoms with E-state index in [2.05, 4.69) is 10.5 Å². The van der Waals surface area contributed by atoms with Crippen LogP contribution in [0.5, 0.6) is 5.75 Å². The molecule has 0 aliphatic carbocycles. The van der Waals surface area contributed by atoms with E-state index >= 15 is 0 Å². The average molecular weight is 358 g/mol. The number of hydrogen-bond donors (Lipinski definition) is 2. The molecule has 4 nitrogen and oxygen atoms in total. The first-order valence-corrected chi connectivity index (χ1v) is 7.57. The molecule has 0 saturated carbocycles. The van der Waals surface area contributed by atoms with Crippen LogP contribution in [0.4, 0.5) is 13.2 Å². The number of benzene rings is 3. The lowest BCUT2D eigenvalue weighted by molar-refractivity contribution is -0.137. The van der Waals surface area contributed by atoms with Crippen LogP contribution in [0.1, 0.15) is 21.5 Å². The fourth-order valence-electron chi connectivity index (χ4n) is 2.50. The van der Waals surface area contributed by atoms with Crippen LogP contribution in [0.3, 0.4) is 0 Å². The van der Waals surface area contributed by atoms with E-state index in [1.54, 1.807) is 24.3 Å². The van der Waals surface area contributed by atoms with E-state index in [1.807, 2.05) is 0 Å². The zero-order chi connectivity index (χ0) is 18.7. The number of phenols is 1. The van der Waals surface area contributed by atoms with Crippen molar-refractivity contribution in [1.29, 1.82) is 0 Å². The van der Waals surface area contributed by atoms with Crippen LogP contribution < -0.4 is 5.43 Å². The van der Waals surface area contributed by atoms with Crippen molar-refractivity contribution in [2.75, 3.05) is 0 Å². The van der Waals surface area contributed by atoms with Crippen LogP contribution >= 0.6 is 0 Å². The summed E-state index contributed by atoms with van der Waals surface area (Å²) in [5.41, 5.74) is 1.08. The summed E-state index contributed by atoms with van der Waals surface area (Å²) >= 11 is 0. The molecule has 0 unspecified atom stereocenters. The first kappa shape index (κ1) is 17.5. The Balaban J connectivity index is 1.82. The Morgan fingerprint density at radius 3 is 2.31 bits per heavy atom. The highest BCUT2D eigenvalue weighted by Gasteiger charge is 2.32.